The van der Waals surface area contributed by atoms with Gasteiger partial charge in [0.05, 0.1) is 12.6 Å². The largest absolute Gasteiger partial charge is 0.458 e. The summed E-state index contributed by atoms with van der Waals surface area (Å²) in [6.07, 6.45) is -0.751. The highest BCUT2D eigenvalue weighted by Gasteiger charge is 2.42. The SMILES string of the molecule is CN(C)C(=O)C1CC(OCC(=O)OC(C)(C)C)CN1C(=O)OCc1ccccc1. The number of ether oxygens (including phenoxy) is 3. The minimum absolute atomic E-state index is 0.114. The number of hydrogen-bond acceptors (Lipinski definition) is 6. The van der Waals surface area contributed by atoms with Crippen LogP contribution in [0.15, 0.2) is 30.3 Å². The molecule has 160 valence electrons. The molecule has 0 aromatic heterocycles. The predicted molar refractivity (Wildman–Crippen MR) is 106 cm³/mol. The van der Waals surface area contributed by atoms with Gasteiger partial charge in [-0.25, -0.2) is 9.59 Å². The van der Waals surface area contributed by atoms with Crippen molar-refractivity contribution in [3.8, 4) is 0 Å². The van der Waals surface area contributed by atoms with Gasteiger partial charge in [0.2, 0.25) is 5.91 Å². The molecule has 0 bridgehead atoms. The zero-order chi connectivity index (χ0) is 21.6. The van der Waals surface area contributed by atoms with Crippen molar-refractivity contribution in [2.75, 3.05) is 27.2 Å². The van der Waals surface area contributed by atoms with Gasteiger partial charge in [-0.2, -0.15) is 0 Å². The molecule has 1 heterocycles. The highest BCUT2D eigenvalue weighted by Crippen LogP contribution is 2.23. The highest BCUT2D eigenvalue weighted by molar-refractivity contribution is 5.86. The van der Waals surface area contributed by atoms with E-state index in [1.807, 2.05) is 30.3 Å². The summed E-state index contributed by atoms with van der Waals surface area (Å²) >= 11 is 0. The third kappa shape index (κ3) is 7.05. The van der Waals surface area contributed by atoms with Crippen molar-refractivity contribution >= 4 is 18.0 Å². The minimum atomic E-state index is -0.697. The number of amides is 2. The van der Waals surface area contributed by atoms with Gasteiger partial charge in [-0.15, -0.1) is 0 Å². The van der Waals surface area contributed by atoms with E-state index in [1.165, 1.54) is 9.80 Å². The second-order valence-electron chi connectivity index (χ2n) is 8.20. The van der Waals surface area contributed by atoms with Gasteiger partial charge in [-0.1, -0.05) is 30.3 Å². The molecule has 1 aliphatic rings. The van der Waals surface area contributed by atoms with Crippen LogP contribution in [0.3, 0.4) is 0 Å². The molecule has 1 saturated heterocycles. The van der Waals surface area contributed by atoms with Crippen LogP contribution < -0.4 is 0 Å². The number of benzene rings is 1. The molecule has 8 heteroatoms. The summed E-state index contributed by atoms with van der Waals surface area (Å²) in [7, 11) is 3.26. The first-order valence-electron chi connectivity index (χ1n) is 9.59. The lowest BCUT2D eigenvalue weighted by atomic mass is 10.2. The molecule has 2 rings (SSSR count). The Hall–Kier alpha value is -2.61. The Bertz CT molecular complexity index is 714. The van der Waals surface area contributed by atoms with Crippen molar-refractivity contribution in [2.24, 2.45) is 0 Å². The molecule has 0 aliphatic carbocycles. The predicted octanol–water partition coefficient (Wildman–Crippen LogP) is 2.21. The van der Waals surface area contributed by atoms with E-state index < -0.39 is 29.8 Å². The van der Waals surface area contributed by atoms with Gasteiger partial charge < -0.3 is 19.1 Å². The number of rotatable bonds is 6. The molecule has 0 N–H and O–H groups in total. The Kier molecular flexibility index (Phi) is 7.61. The molecule has 1 aliphatic heterocycles. The maximum absolute atomic E-state index is 12.6. The molecule has 0 radical (unpaired) electrons. The van der Waals surface area contributed by atoms with E-state index in [1.54, 1.807) is 34.9 Å². The maximum atomic E-state index is 12.6. The van der Waals surface area contributed by atoms with Gasteiger partial charge in [0.1, 0.15) is 24.9 Å². The average Bonchev–Trinajstić information content (AvgIpc) is 3.07. The first-order chi connectivity index (χ1) is 13.6. The molecular weight excluding hydrogens is 376 g/mol. The molecule has 8 nitrogen and oxygen atoms in total. The van der Waals surface area contributed by atoms with Crippen molar-refractivity contribution in [1.29, 1.82) is 0 Å². The Balaban J connectivity index is 1.97. The monoisotopic (exact) mass is 406 g/mol. The van der Waals surface area contributed by atoms with Crippen molar-refractivity contribution in [2.45, 2.75) is 51.5 Å². The number of esters is 1. The Morgan fingerprint density at radius 3 is 2.38 bits per heavy atom. The molecule has 1 aromatic carbocycles. The topological polar surface area (TPSA) is 85.4 Å². The summed E-state index contributed by atoms with van der Waals surface area (Å²) in [5.41, 5.74) is 0.251. The van der Waals surface area contributed by atoms with E-state index in [9.17, 15) is 14.4 Å². The lowest BCUT2D eigenvalue weighted by Gasteiger charge is -2.25. The van der Waals surface area contributed by atoms with Crippen LogP contribution in [0.1, 0.15) is 32.8 Å². The maximum Gasteiger partial charge on any atom is 0.410 e. The molecule has 1 fully saturated rings. The van der Waals surface area contributed by atoms with Crippen LogP contribution in [0, 0.1) is 0 Å². The lowest BCUT2D eigenvalue weighted by Crippen LogP contribution is -2.45. The fourth-order valence-corrected chi connectivity index (χ4v) is 3.01. The fourth-order valence-electron chi connectivity index (χ4n) is 3.01. The van der Waals surface area contributed by atoms with E-state index in [0.29, 0.717) is 6.42 Å². The normalized spacial score (nSPS) is 19.0. The smallest absolute Gasteiger partial charge is 0.410 e. The summed E-state index contributed by atoms with van der Waals surface area (Å²) in [5.74, 6) is -0.705. The van der Waals surface area contributed by atoms with E-state index in [-0.39, 0.29) is 25.7 Å². The quantitative estimate of drug-likeness (QED) is 0.674. The number of likely N-dealkylation sites (N-methyl/N-ethyl adjacent to an activating group) is 1. The summed E-state index contributed by atoms with van der Waals surface area (Å²) in [4.78, 5) is 39.8. The number of carbonyl (C=O) groups is 3. The number of likely N-dealkylation sites (tertiary alicyclic amines) is 1. The first-order valence-corrected chi connectivity index (χ1v) is 9.59. The molecule has 1 aromatic rings. The van der Waals surface area contributed by atoms with Gasteiger partial charge in [0, 0.05) is 20.5 Å². The average molecular weight is 406 g/mol. The van der Waals surface area contributed by atoms with Gasteiger partial charge in [-0.05, 0) is 26.3 Å². The van der Waals surface area contributed by atoms with Gasteiger partial charge in [0.25, 0.3) is 0 Å². The van der Waals surface area contributed by atoms with Crippen LogP contribution in [0.4, 0.5) is 4.79 Å². The van der Waals surface area contributed by atoms with E-state index in [4.69, 9.17) is 14.2 Å². The molecule has 2 amide bonds. The molecule has 2 atom stereocenters. The molecule has 29 heavy (non-hydrogen) atoms. The third-order valence-corrected chi connectivity index (χ3v) is 4.29. The number of hydrogen-bond donors (Lipinski definition) is 0. The molecule has 0 spiro atoms. The van der Waals surface area contributed by atoms with Crippen LogP contribution in [0.25, 0.3) is 0 Å². The lowest BCUT2D eigenvalue weighted by molar-refractivity contribution is -0.162. The van der Waals surface area contributed by atoms with Crippen LogP contribution in [0.2, 0.25) is 0 Å². The second-order valence-corrected chi connectivity index (χ2v) is 8.20. The fraction of sp³-hybridized carbons (Fsp3) is 0.571. The van der Waals surface area contributed by atoms with Crippen LogP contribution in [-0.4, -0.2) is 72.8 Å². The zero-order valence-electron chi connectivity index (χ0n) is 17.7. The van der Waals surface area contributed by atoms with Gasteiger partial charge in [0.15, 0.2) is 0 Å². The van der Waals surface area contributed by atoms with Crippen LogP contribution >= 0.6 is 0 Å². The number of nitrogens with zero attached hydrogens (tertiary/aromatic N) is 2. The van der Waals surface area contributed by atoms with Crippen molar-refractivity contribution < 1.29 is 28.6 Å². The van der Waals surface area contributed by atoms with Crippen molar-refractivity contribution in [3.05, 3.63) is 35.9 Å². The van der Waals surface area contributed by atoms with Gasteiger partial charge in [-0.3, -0.25) is 9.69 Å². The van der Waals surface area contributed by atoms with Crippen molar-refractivity contribution in [1.82, 2.24) is 9.80 Å². The van der Waals surface area contributed by atoms with Crippen molar-refractivity contribution in [3.63, 3.8) is 0 Å². The molecular formula is C21H30N2O6. The Morgan fingerprint density at radius 2 is 1.79 bits per heavy atom. The summed E-state index contributed by atoms with van der Waals surface area (Å²) in [5, 5.41) is 0. The highest BCUT2D eigenvalue weighted by atomic mass is 16.6. The third-order valence-electron chi connectivity index (χ3n) is 4.29. The van der Waals surface area contributed by atoms with Crippen LogP contribution in [-0.2, 0) is 30.4 Å². The van der Waals surface area contributed by atoms with Gasteiger partial charge >= 0.3 is 12.1 Å². The van der Waals surface area contributed by atoms with E-state index in [0.717, 1.165) is 5.56 Å². The summed E-state index contributed by atoms with van der Waals surface area (Å²) in [6, 6.07) is 8.61. The summed E-state index contributed by atoms with van der Waals surface area (Å²) < 4.78 is 16.2. The first kappa shape index (κ1) is 22.7. The Labute approximate surface area is 171 Å². The second kappa shape index (κ2) is 9.73. The zero-order valence-corrected chi connectivity index (χ0v) is 17.7. The summed E-state index contributed by atoms with van der Waals surface area (Å²) in [6.45, 7) is 5.37. The van der Waals surface area contributed by atoms with Crippen LogP contribution in [0.5, 0.6) is 0 Å². The Morgan fingerprint density at radius 1 is 1.14 bits per heavy atom. The van der Waals surface area contributed by atoms with E-state index in [2.05, 4.69) is 0 Å². The number of carbonyl (C=O) groups excluding carboxylic acids is 3. The minimum Gasteiger partial charge on any atom is -0.458 e. The van der Waals surface area contributed by atoms with E-state index >= 15 is 0 Å². The molecule has 2 unspecified atom stereocenters. The standard InChI is InChI=1S/C21H30N2O6/c1-21(2,3)29-18(24)14-27-16-11-17(19(25)22(4)5)23(12-16)20(26)28-13-15-9-7-6-8-10-15/h6-10,16-17H,11-14H2,1-5H3. The molecule has 0 saturated carbocycles.